The zero-order valence-corrected chi connectivity index (χ0v) is 9.50. The smallest absolute Gasteiger partial charge is 0.336 e. The lowest BCUT2D eigenvalue weighted by Crippen LogP contribution is -2.22. The van der Waals surface area contributed by atoms with Crippen LogP contribution in [0, 0.1) is 6.92 Å². The lowest BCUT2D eigenvalue weighted by Gasteiger charge is -2.19. The van der Waals surface area contributed by atoms with Crippen LogP contribution in [0.4, 0.5) is 0 Å². The fraction of sp³-hybridized carbons (Fsp3) is 0.417. The summed E-state index contributed by atoms with van der Waals surface area (Å²) < 4.78 is 0. The van der Waals surface area contributed by atoms with Crippen LogP contribution in [0.5, 0.6) is 0 Å². The van der Waals surface area contributed by atoms with Crippen molar-refractivity contribution >= 4 is 5.97 Å². The summed E-state index contributed by atoms with van der Waals surface area (Å²) in [7, 11) is 0. The largest absolute Gasteiger partial charge is 0.478 e. The molecule has 0 radical (unpaired) electrons. The first-order valence-corrected chi connectivity index (χ1v) is 5.28. The average molecular weight is 240 g/mol. The van der Waals surface area contributed by atoms with Crippen LogP contribution in [-0.2, 0) is 0 Å². The second kappa shape index (κ2) is 5.77. The second-order valence-electron chi connectivity index (χ2n) is 3.87. The van der Waals surface area contributed by atoms with Crippen LogP contribution in [0.1, 0.15) is 34.0 Å². The van der Waals surface area contributed by atoms with Gasteiger partial charge in [0, 0.05) is 6.61 Å². The third-order valence-corrected chi connectivity index (χ3v) is 2.63. The standard InChI is InChI=1S/C12H16O5/c1-7-3-2-4-8(10(7)12(16)17)11(15)9(14)5-6-13/h2-4,9,11,13-15H,5-6H2,1H3,(H,16,17). The fourth-order valence-corrected chi connectivity index (χ4v) is 1.73. The molecule has 0 heterocycles. The van der Waals surface area contributed by atoms with Gasteiger partial charge in [0.05, 0.1) is 11.7 Å². The Morgan fingerprint density at radius 3 is 2.53 bits per heavy atom. The van der Waals surface area contributed by atoms with Gasteiger partial charge in [-0.1, -0.05) is 18.2 Å². The van der Waals surface area contributed by atoms with Crippen molar-refractivity contribution in [1.29, 1.82) is 0 Å². The Bertz CT molecular complexity index is 402. The van der Waals surface area contributed by atoms with E-state index in [4.69, 9.17) is 10.2 Å². The van der Waals surface area contributed by atoms with Crippen LogP contribution in [0.2, 0.25) is 0 Å². The molecule has 4 N–H and O–H groups in total. The maximum atomic E-state index is 11.1. The lowest BCUT2D eigenvalue weighted by atomic mass is 9.94. The molecule has 0 aliphatic rings. The van der Waals surface area contributed by atoms with Crippen molar-refractivity contribution in [3.8, 4) is 0 Å². The molecule has 0 bridgehead atoms. The maximum absolute atomic E-state index is 11.1. The molecule has 0 aliphatic heterocycles. The zero-order valence-electron chi connectivity index (χ0n) is 9.50. The van der Waals surface area contributed by atoms with Crippen LogP contribution in [0.3, 0.4) is 0 Å². The predicted molar refractivity (Wildman–Crippen MR) is 60.8 cm³/mol. The summed E-state index contributed by atoms with van der Waals surface area (Å²) in [5.74, 6) is -1.15. The molecule has 2 atom stereocenters. The first-order valence-electron chi connectivity index (χ1n) is 5.28. The number of aliphatic hydroxyl groups is 3. The van der Waals surface area contributed by atoms with Gasteiger partial charge >= 0.3 is 5.97 Å². The van der Waals surface area contributed by atoms with E-state index in [0.29, 0.717) is 5.56 Å². The minimum atomic E-state index is -1.31. The highest BCUT2D eigenvalue weighted by atomic mass is 16.4. The molecule has 5 heteroatoms. The molecule has 17 heavy (non-hydrogen) atoms. The molecule has 94 valence electrons. The Labute approximate surface area is 99.0 Å². The van der Waals surface area contributed by atoms with Crippen molar-refractivity contribution < 1.29 is 25.2 Å². The van der Waals surface area contributed by atoms with E-state index in [1.54, 1.807) is 19.1 Å². The summed E-state index contributed by atoms with van der Waals surface area (Å²) in [5, 5.41) is 37.2. The summed E-state index contributed by atoms with van der Waals surface area (Å²) in [6.45, 7) is 1.35. The van der Waals surface area contributed by atoms with Gasteiger partial charge < -0.3 is 20.4 Å². The van der Waals surface area contributed by atoms with E-state index in [9.17, 15) is 15.0 Å². The molecule has 0 amide bonds. The van der Waals surface area contributed by atoms with Crippen LogP contribution >= 0.6 is 0 Å². The number of benzene rings is 1. The third kappa shape index (κ3) is 3.03. The quantitative estimate of drug-likeness (QED) is 0.599. The number of aromatic carboxylic acids is 1. The first kappa shape index (κ1) is 13.6. The molecule has 0 fully saturated rings. The molecular formula is C12H16O5. The minimum absolute atomic E-state index is 0.00279. The van der Waals surface area contributed by atoms with Gasteiger partial charge in [0.15, 0.2) is 0 Å². The highest BCUT2D eigenvalue weighted by Gasteiger charge is 2.24. The number of aliphatic hydroxyl groups excluding tert-OH is 3. The van der Waals surface area contributed by atoms with E-state index in [0.717, 1.165) is 0 Å². The normalized spacial score (nSPS) is 14.4. The number of hydrogen-bond acceptors (Lipinski definition) is 4. The molecule has 1 rings (SSSR count). The van der Waals surface area contributed by atoms with E-state index in [-0.39, 0.29) is 24.2 Å². The van der Waals surface area contributed by atoms with E-state index >= 15 is 0 Å². The van der Waals surface area contributed by atoms with Crippen molar-refractivity contribution in [3.63, 3.8) is 0 Å². The number of carboxylic acid groups (broad SMARTS) is 1. The monoisotopic (exact) mass is 240 g/mol. The molecule has 1 aromatic rings. The van der Waals surface area contributed by atoms with E-state index < -0.39 is 18.2 Å². The molecule has 0 saturated carbocycles. The molecule has 1 aromatic carbocycles. The molecule has 0 saturated heterocycles. The van der Waals surface area contributed by atoms with Crippen molar-refractivity contribution in [1.82, 2.24) is 0 Å². The molecular weight excluding hydrogens is 224 g/mol. The summed E-state index contributed by atoms with van der Waals surface area (Å²) in [6, 6.07) is 4.70. The van der Waals surface area contributed by atoms with E-state index in [2.05, 4.69) is 0 Å². The van der Waals surface area contributed by atoms with Crippen molar-refractivity contribution in [3.05, 3.63) is 34.9 Å². The van der Waals surface area contributed by atoms with Gasteiger partial charge in [-0.15, -0.1) is 0 Å². The van der Waals surface area contributed by atoms with Gasteiger partial charge in [0.1, 0.15) is 6.10 Å². The molecule has 2 unspecified atom stereocenters. The fourth-order valence-electron chi connectivity index (χ4n) is 1.73. The number of carboxylic acids is 1. The van der Waals surface area contributed by atoms with Crippen LogP contribution in [0.15, 0.2) is 18.2 Å². The number of aryl methyl sites for hydroxylation is 1. The van der Waals surface area contributed by atoms with Gasteiger partial charge in [0.2, 0.25) is 0 Å². The van der Waals surface area contributed by atoms with Crippen LogP contribution < -0.4 is 0 Å². The molecule has 0 aliphatic carbocycles. The highest BCUT2D eigenvalue weighted by Crippen LogP contribution is 2.25. The predicted octanol–water partition coefficient (Wildman–Crippen LogP) is 0.470. The third-order valence-electron chi connectivity index (χ3n) is 2.63. The van der Waals surface area contributed by atoms with Crippen LogP contribution in [-0.4, -0.2) is 39.1 Å². The Morgan fingerprint density at radius 2 is 2.00 bits per heavy atom. The molecule has 0 spiro atoms. The topological polar surface area (TPSA) is 98.0 Å². The number of rotatable bonds is 5. The van der Waals surface area contributed by atoms with Gasteiger partial charge in [-0.25, -0.2) is 4.79 Å². The zero-order chi connectivity index (χ0) is 13.0. The Kier molecular flexibility index (Phi) is 4.62. The van der Waals surface area contributed by atoms with Crippen molar-refractivity contribution in [2.75, 3.05) is 6.61 Å². The van der Waals surface area contributed by atoms with Gasteiger partial charge in [-0.3, -0.25) is 0 Å². The summed E-state index contributed by atoms with van der Waals surface area (Å²) in [5.41, 5.74) is 0.681. The number of hydrogen-bond donors (Lipinski definition) is 4. The van der Waals surface area contributed by atoms with E-state index in [1.165, 1.54) is 6.07 Å². The van der Waals surface area contributed by atoms with Crippen LogP contribution in [0.25, 0.3) is 0 Å². The summed E-state index contributed by atoms with van der Waals surface area (Å²) in [4.78, 5) is 11.1. The van der Waals surface area contributed by atoms with Gasteiger partial charge in [0.25, 0.3) is 0 Å². The Hall–Kier alpha value is -1.43. The van der Waals surface area contributed by atoms with E-state index in [1.807, 2.05) is 0 Å². The minimum Gasteiger partial charge on any atom is -0.478 e. The van der Waals surface area contributed by atoms with Gasteiger partial charge in [-0.2, -0.15) is 0 Å². The van der Waals surface area contributed by atoms with Gasteiger partial charge in [-0.05, 0) is 24.5 Å². The average Bonchev–Trinajstić information content (AvgIpc) is 2.27. The van der Waals surface area contributed by atoms with Crippen molar-refractivity contribution in [2.45, 2.75) is 25.6 Å². The Balaban J connectivity index is 3.13. The summed E-state index contributed by atoms with van der Waals surface area (Å²) >= 11 is 0. The number of carbonyl (C=O) groups is 1. The molecule has 0 aromatic heterocycles. The maximum Gasteiger partial charge on any atom is 0.336 e. The Morgan fingerprint density at radius 1 is 1.35 bits per heavy atom. The second-order valence-corrected chi connectivity index (χ2v) is 3.87. The van der Waals surface area contributed by atoms with Crippen molar-refractivity contribution in [2.24, 2.45) is 0 Å². The lowest BCUT2D eigenvalue weighted by molar-refractivity contribution is 0.00348. The summed E-state index contributed by atoms with van der Waals surface area (Å²) in [6.07, 6.45) is -2.50. The molecule has 5 nitrogen and oxygen atoms in total. The SMILES string of the molecule is Cc1cccc(C(O)C(O)CCO)c1C(=O)O. The highest BCUT2D eigenvalue weighted by molar-refractivity contribution is 5.91. The first-order chi connectivity index (χ1) is 7.99.